The van der Waals surface area contributed by atoms with Gasteiger partial charge in [-0.15, -0.1) is 0 Å². The molecule has 7 nitrogen and oxygen atoms in total. The fourth-order valence-corrected chi connectivity index (χ4v) is 1.42. The number of ether oxygens (including phenoxy) is 1. The molecule has 0 saturated heterocycles. The predicted molar refractivity (Wildman–Crippen MR) is 85.8 cm³/mol. The van der Waals surface area contributed by atoms with Gasteiger partial charge in [-0.3, -0.25) is 9.78 Å². The van der Waals surface area contributed by atoms with Crippen LogP contribution in [0.3, 0.4) is 0 Å². The number of rotatable bonds is 4. The molecule has 1 aromatic heterocycles. The number of carbonyl (C=O) groups is 2. The maximum atomic E-state index is 11.6. The van der Waals surface area contributed by atoms with Gasteiger partial charge in [0, 0.05) is 50.6 Å². The molecule has 0 unspecified atom stereocenters. The largest absolute Gasteiger partial charge is 0.540 e. The van der Waals surface area contributed by atoms with E-state index in [0.717, 1.165) is 18.2 Å². The maximum Gasteiger partial charge on any atom is 0.300 e. The number of carbonyl (C=O) groups excluding carboxylic acids is 1. The van der Waals surface area contributed by atoms with Gasteiger partial charge in [0.25, 0.3) is 5.97 Å². The van der Waals surface area contributed by atoms with Crippen molar-refractivity contribution < 1.29 is 38.9 Å². The van der Waals surface area contributed by atoms with E-state index < -0.39 is 11.9 Å². The van der Waals surface area contributed by atoms with Crippen molar-refractivity contribution >= 4 is 18.1 Å². The van der Waals surface area contributed by atoms with Crippen molar-refractivity contribution in [3.8, 4) is 5.75 Å². The van der Waals surface area contributed by atoms with Crippen molar-refractivity contribution in [2.45, 2.75) is 6.92 Å². The zero-order chi connectivity index (χ0) is 17.1. The molecule has 0 radical (unpaired) electrons. The first-order valence-corrected chi connectivity index (χ1v) is 6.55. The van der Waals surface area contributed by atoms with Crippen LogP contribution in [0.1, 0.15) is 22.8 Å². The summed E-state index contributed by atoms with van der Waals surface area (Å²) in [5, 5.41) is 11.2. The molecule has 0 aliphatic heterocycles. The average molecular weight is 380 g/mol. The molecule has 24 heavy (non-hydrogen) atoms. The number of hydrogen-bond acceptors (Lipinski definition) is 5. The van der Waals surface area contributed by atoms with E-state index in [1.165, 1.54) is 18.6 Å². The smallest absolute Gasteiger partial charge is 0.300 e. The minimum absolute atomic E-state index is 0. The Kier molecular flexibility index (Phi) is 10.6. The molecule has 1 amide bonds. The zero-order valence-electron chi connectivity index (χ0n) is 13.4. The third-order valence-electron chi connectivity index (χ3n) is 2.38. The zero-order valence-corrected chi connectivity index (χ0v) is 16.4. The molecule has 2 rings (SSSR count). The summed E-state index contributed by atoms with van der Waals surface area (Å²) < 4.78 is 5.09. The van der Waals surface area contributed by atoms with Crippen molar-refractivity contribution in [2.75, 3.05) is 7.11 Å². The van der Waals surface area contributed by atoms with E-state index in [1.807, 2.05) is 18.2 Å². The summed E-state index contributed by atoms with van der Waals surface area (Å²) >= 11 is 0. The number of carboxylic acids is 1. The fraction of sp³-hybridized carbons (Fsp3) is 0.125. The Labute approximate surface area is 152 Å². The first-order chi connectivity index (χ1) is 11.0. The van der Waals surface area contributed by atoms with Gasteiger partial charge in [-0.25, -0.2) is 0 Å². The van der Waals surface area contributed by atoms with Gasteiger partial charge < -0.3 is 25.2 Å². The SMILES string of the molecule is CC(=O)O.COc1cccc(/C=N\[N-]C(=O)c2ccncc2)c1.[Zn]. The van der Waals surface area contributed by atoms with Gasteiger partial charge in [0.1, 0.15) is 5.75 Å². The van der Waals surface area contributed by atoms with Gasteiger partial charge in [-0.05, 0) is 29.8 Å². The second-order valence-electron chi connectivity index (χ2n) is 4.18. The van der Waals surface area contributed by atoms with Crippen LogP contribution >= 0.6 is 0 Å². The number of carboxylic acid groups (broad SMARTS) is 1. The molecule has 0 fully saturated rings. The average Bonchev–Trinajstić information content (AvgIpc) is 2.55. The first kappa shape index (κ1) is 21.4. The van der Waals surface area contributed by atoms with E-state index >= 15 is 0 Å². The van der Waals surface area contributed by atoms with E-state index in [1.54, 1.807) is 25.3 Å². The summed E-state index contributed by atoms with van der Waals surface area (Å²) in [6, 6.07) is 10.5. The summed E-state index contributed by atoms with van der Waals surface area (Å²) in [6.07, 6.45) is 4.57. The molecule has 1 N–H and O–H groups in total. The fourth-order valence-electron chi connectivity index (χ4n) is 1.42. The van der Waals surface area contributed by atoms with Crippen LogP contribution in [0.15, 0.2) is 53.9 Å². The molecule has 122 valence electrons. The summed E-state index contributed by atoms with van der Waals surface area (Å²) in [5.41, 5.74) is 4.87. The summed E-state index contributed by atoms with van der Waals surface area (Å²) in [5.74, 6) is -0.508. The summed E-state index contributed by atoms with van der Waals surface area (Å²) in [6.45, 7) is 1.08. The number of aromatic nitrogens is 1. The monoisotopic (exact) mass is 378 g/mol. The van der Waals surface area contributed by atoms with Gasteiger partial charge in [-0.2, -0.15) is 0 Å². The molecule has 0 bridgehead atoms. The van der Waals surface area contributed by atoms with E-state index in [0.29, 0.717) is 5.56 Å². The molecule has 0 aliphatic carbocycles. The van der Waals surface area contributed by atoms with E-state index in [-0.39, 0.29) is 19.5 Å². The van der Waals surface area contributed by atoms with Crippen molar-refractivity contribution in [2.24, 2.45) is 5.10 Å². The molecular weight excluding hydrogens is 364 g/mol. The number of amides is 1. The van der Waals surface area contributed by atoms with Crippen LogP contribution in [0, 0.1) is 0 Å². The topological polar surface area (TPSA) is 103 Å². The van der Waals surface area contributed by atoms with E-state index in [4.69, 9.17) is 14.6 Å². The van der Waals surface area contributed by atoms with Gasteiger partial charge in [0.2, 0.25) is 0 Å². The van der Waals surface area contributed by atoms with Gasteiger partial charge in [0.05, 0.1) is 13.0 Å². The standard InChI is InChI=1S/C14H13N3O2.C2H4O2.Zn/c1-19-13-4-2-3-11(9-13)10-16-17-14(18)12-5-7-15-8-6-12;1-2(3)4;/h2-10H,1H3,(H,17,18);1H3,(H,3,4);/p-1/b16-10-;;. The van der Waals surface area contributed by atoms with E-state index in [2.05, 4.69) is 15.5 Å². The van der Waals surface area contributed by atoms with Crippen molar-refractivity contribution in [3.05, 3.63) is 65.3 Å². The van der Waals surface area contributed by atoms with Gasteiger partial charge >= 0.3 is 0 Å². The number of benzene rings is 1. The number of nitrogens with zero attached hydrogens (tertiary/aromatic N) is 3. The Morgan fingerprint density at radius 2 is 1.88 bits per heavy atom. The quantitative estimate of drug-likeness (QED) is 0.500. The van der Waals surface area contributed by atoms with Crippen LogP contribution in [-0.2, 0) is 24.3 Å². The molecule has 8 heteroatoms. The van der Waals surface area contributed by atoms with Crippen LogP contribution in [0.4, 0.5) is 0 Å². The maximum absolute atomic E-state index is 11.6. The number of aliphatic carboxylic acids is 1. The van der Waals surface area contributed by atoms with Gasteiger partial charge in [0.15, 0.2) is 0 Å². The third kappa shape index (κ3) is 8.75. The second kappa shape index (κ2) is 11.9. The molecule has 0 saturated carbocycles. The molecular formula is C16H16N3O4Zn-. The Hall–Kier alpha value is -2.60. The van der Waals surface area contributed by atoms with Gasteiger partial charge in [-0.1, -0.05) is 12.1 Å². The Morgan fingerprint density at radius 3 is 2.46 bits per heavy atom. The van der Waals surface area contributed by atoms with E-state index in [9.17, 15) is 4.79 Å². The number of methoxy groups -OCH3 is 1. The van der Waals surface area contributed by atoms with Crippen LogP contribution in [0.5, 0.6) is 5.75 Å². The first-order valence-electron chi connectivity index (χ1n) is 6.55. The summed E-state index contributed by atoms with van der Waals surface area (Å²) in [7, 11) is 1.59. The number of pyridine rings is 1. The minimum atomic E-state index is -0.833. The van der Waals surface area contributed by atoms with Crippen LogP contribution in [0.25, 0.3) is 5.43 Å². The number of hydrogen-bond donors (Lipinski definition) is 1. The molecule has 1 heterocycles. The Morgan fingerprint density at radius 1 is 1.25 bits per heavy atom. The van der Waals surface area contributed by atoms with Crippen LogP contribution in [-0.4, -0.2) is 35.3 Å². The van der Waals surface area contributed by atoms with Crippen molar-refractivity contribution in [3.63, 3.8) is 0 Å². The molecule has 0 aliphatic rings. The Bertz CT molecular complexity index is 674. The Balaban J connectivity index is 0.000000954. The van der Waals surface area contributed by atoms with Crippen molar-refractivity contribution in [1.29, 1.82) is 0 Å². The third-order valence-corrected chi connectivity index (χ3v) is 2.38. The predicted octanol–water partition coefficient (Wildman–Crippen LogP) is 2.73. The molecule has 1 aromatic carbocycles. The van der Waals surface area contributed by atoms with Crippen LogP contribution < -0.4 is 4.74 Å². The summed E-state index contributed by atoms with van der Waals surface area (Å²) in [4.78, 5) is 24.5. The van der Waals surface area contributed by atoms with Crippen molar-refractivity contribution in [1.82, 2.24) is 4.98 Å². The molecule has 0 atom stereocenters. The van der Waals surface area contributed by atoms with Crippen LogP contribution in [0.2, 0.25) is 0 Å². The minimum Gasteiger partial charge on any atom is -0.540 e. The molecule has 0 spiro atoms. The normalized spacial score (nSPS) is 9.25. The second-order valence-corrected chi connectivity index (χ2v) is 4.18. The molecule has 2 aromatic rings.